The fourth-order valence-corrected chi connectivity index (χ4v) is 3.94. The molecule has 2 unspecified atom stereocenters. The molecule has 2 aromatic rings. The molecule has 0 aliphatic carbocycles. The van der Waals surface area contributed by atoms with Gasteiger partial charge in [-0.05, 0) is 49.6 Å². The molecule has 0 bridgehead atoms. The zero-order valence-electron chi connectivity index (χ0n) is 17.9. The van der Waals surface area contributed by atoms with Crippen LogP contribution in [0.4, 0.5) is 5.69 Å². The lowest BCUT2D eigenvalue weighted by Gasteiger charge is -2.22. The highest BCUT2D eigenvalue weighted by Gasteiger charge is 2.36. The Balaban J connectivity index is 1.30. The van der Waals surface area contributed by atoms with Gasteiger partial charge in [-0.15, -0.1) is 0 Å². The first-order chi connectivity index (χ1) is 15.0. The van der Waals surface area contributed by atoms with Crippen LogP contribution < -0.4 is 24.4 Å². The molecule has 2 atom stereocenters. The Morgan fingerprint density at radius 1 is 1.16 bits per heavy atom. The number of rotatable bonds is 7. The molecule has 2 aliphatic rings. The molecule has 0 aromatic heterocycles. The SMILES string of the molecule is COc1ccc(CCC(C)NC(=O)C2CC(=O)N(c3ccc4c(c3)OCCO4)C2)cc1. The summed E-state index contributed by atoms with van der Waals surface area (Å²) < 4.78 is 16.3. The third kappa shape index (κ3) is 4.93. The number of carbonyl (C=O) groups excluding carboxylic acids is 2. The van der Waals surface area contributed by atoms with E-state index in [-0.39, 0.29) is 30.2 Å². The molecule has 1 saturated heterocycles. The third-order valence-electron chi connectivity index (χ3n) is 5.75. The summed E-state index contributed by atoms with van der Waals surface area (Å²) in [5.41, 5.74) is 1.93. The number of hydrogen-bond acceptors (Lipinski definition) is 5. The van der Waals surface area contributed by atoms with Crippen LogP contribution >= 0.6 is 0 Å². The fraction of sp³-hybridized carbons (Fsp3) is 0.417. The maximum Gasteiger partial charge on any atom is 0.227 e. The molecule has 0 saturated carbocycles. The molecule has 7 nitrogen and oxygen atoms in total. The van der Waals surface area contributed by atoms with Crippen molar-refractivity contribution in [2.75, 3.05) is 31.8 Å². The highest BCUT2D eigenvalue weighted by molar-refractivity contribution is 6.00. The Morgan fingerprint density at radius 3 is 2.65 bits per heavy atom. The first-order valence-corrected chi connectivity index (χ1v) is 10.7. The number of hydrogen-bond donors (Lipinski definition) is 1. The number of nitrogens with one attached hydrogen (secondary N) is 1. The average molecular weight is 424 g/mol. The third-order valence-corrected chi connectivity index (χ3v) is 5.75. The van der Waals surface area contributed by atoms with E-state index in [1.54, 1.807) is 12.0 Å². The number of anilines is 1. The minimum Gasteiger partial charge on any atom is -0.497 e. The Morgan fingerprint density at radius 2 is 1.90 bits per heavy atom. The van der Waals surface area contributed by atoms with Crippen molar-refractivity contribution in [2.45, 2.75) is 32.2 Å². The molecular weight excluding hydrogens is 396 g/mol. The second-order valence-electron chi connectivity index (χ2n) is 8.03. The van der Waals surface area contributed by atoms with Gasteiger partial charge in [0.2, 0.25) is 11.8 Å². The lowest BCUT2D eigenvalue weighted by molar-refractivity contribution is -0.126. The van der Waals surface area contributed by atoms with E-state index in [2.05, 4.69) is 5.32 Å². The van der Waals surface area contributed by atoms with Gasteiger partial charge in [-0.3, -0.25) is 9.59 Å². The van der Waals surface area contributed by atoms with E-state index in [4.69, 9.17) is 14.2 Å². The van der Waals surface area contributed by atoms with Gasteiger partial charge in [-0.1, -0.05) is 12.1 Å². The van der Waals surface area contributed by atoms with Gasteiger partial charge in [0.25, 0.3) is 0 Å². The van der Waals surface area contributed by atoms with Crippen LogP contribution in [0.5, 0.6) is 17.2 Å². The number of carbonyl (C=O) groups is 2. The fourth-order valence-electron chi connectivity index (χ4n) is 3.94. The monoisotopic (exact) mass is 424 g/mol. The lowest BCUT2D eigenvalue weighted by atomic mass is 10.0. The van der Waals surface area contributed by atoms with Crippen molar-refractivity contribution in [2.24, 2.45) is 5.92 Å². The molecule has 1 fully saturated rings. The van der Waals surface area contributed by atoms with Gasteiger partial charge in [-0.25, -0.2) is 0 Å². The molecule has 0 spiro atoms. The summed E-state index contributed by atoms with van der Waals surface area (Å²) >= 11 is 0. The van der Waals surface area contributed by atoms with Gasteiger partial charge < -0.3 is 24.4 Å². The average Bonchev–Trinajstić information content (AvgIpc) is 3.19. The van der Waals surface area contributed by atoms with Gasteiger partial charge >= 0.3 is 0 Å². The van der Waals surface area contributed by atoms with E-state index in [1.807, 2.05) is 49.4 Å². The summed E-state index contributed by atoms with van der Waals surface area (Å²) in [5.74, 6) is 1.67. The molecule has 0 radical (unpaired) electrons. The van der Waals surface area contributed by atoms with Crippen LogP contribution in [0.1, 0.15) is 25.3 Å². The summed E-state index contributed by atoms with van der Waals surface area (Å²) in [6.45, 7) is 3.38. The van der Waals surface area contributed by atoms with Crippen molar-refractivity contribution in [3.63, 3.8) is 0 Å². The maximum absolute atomic E-state index is 12.8. The second-order valence-corrected chi connectivity index (χ2v) is 8.03. The van der Waals surface area contributed by atoms with Crippen LogP contribution in [0.2, 0.25) is 0 Å². The minimum absolute atomic E-state index is 0.0213. The summed E-state index contributed by atoms with van der Waals surface area (Å²) in [4.78, 5) is 27.0. The quantitative estimate of drug-likeness (QED) is 0.740. The van der Waals surface area contributed by atoms with Crippen LogP contribution in [0.25, 0.3) is 0 Å². The summed E-state index contributed by atoms with van der Waals surface area (Å²) in [5, 5.41) is 3.07. The summed E-state index contributed by atoms with van der Waals surface area (Å²) in [7, 11) is 1.65. The van der Waals surface area contributed by atoms with E-state index in [0.29, 0.717) is 31.3 Å². The van der Waals surface area contributed by atoms with Gasteiger partial charge in [-0.2, -0.15) is 0 Å². The highest BCUT2D eigenvalue weighted by atomic mass is 16.6. The zero-order valence-corrected chi connectivity index (χ0v) is 17.9. The van der Waals surface area contributed by atoms with Gasteiger partial charge in [0.1, 0.15) is 19.0 Å². The predicted molar refractivity (Wildman–Crippen MR) is 117 cm³/mol. The number of ether oxygens (including phenoxy) is 3. The van der Waals surface area contributed by atoms with Crippen LogP contribution in [-0.4, -0.2) is 44.7 Å². The lowest BCUT2D eigenvalue weighted by Crippen LogP contribution is -2.38. The van der Waals surface area contributed by atoms with Crippen molar-refractivity contribution in [1.29, 1.82) is 0 Å². The van der Waals surface area contributed by atoms with Crippen molar-refractivity contribution in [1.82, 2.24) is 5.32 Å². The molecule has 2 amide bonds. The van der Waals surface area contributed by atoms with Gasteiger partial charge in [0.05, 0.1) is 13.0 Å². The van der Waals surface area contributed by atoms with E-state index in [1.165, 1.54) is 5.56 Å². The van der Waals surface area contributed by atoms with Gasteiger partial charge in [0.15, 0.2) is 11.5 Å². The molecule has 31 heavy (non-hydrogen) atoms. The Labute approximate surface area is 182 Å². The predicted octanol–water partition coefficient (Wildman–Crippen LogP) is 2.96. The number of methoxy groups -OCH3 is 1. The standard InChI is InChI=1S/C24H28N2O5/c1-16(3-4-17-5-8-20(29-2)9-6-17)25-24(28)18-13-23(27)26(15-18)19-7-10-21-22(14-19)31-12-11-30-21/h5-10,14,16,18H,3-4,11-13,15H2,1-2H3,(H,25,28). The minimum atomic E-state index is -0.357. The molecule has 2 heterocycles. The molecule has 164 valence electrons. The number of benzene rings is 2. The summed E-state index contributed by atoms with van der Waals surface area (Å²) in [6.07, 6.45) is 1.90. The Kier molecular flexibility index (Phi) is 6.30. The maximum atomic E-state index is 12.8. The molecular formula is C24H28N2O5. The Bertz CT molecular complexity index is 943. The molecule has 7 heteroatoms. The van der Waals surface area contributed by atoms with Crippen LogP contribution in [0, 0.1) is 5.92 Å². The second kappa shape index (κ2) is 9.29. The number of amides is 2. The first-order valence-electron chi connectivity index (χ1n) is 10.7. The smallest absolute Gasteiger partial charge is 0.227 e. The van der Waals surface area contributed by atoms with E-state index >= 15 is 0 Å². The molecule has 2 aliphatic heterocycles. The van der Waals surface area contributed by atoms with E-state index in [0.717, 1.165) is 24.3 Å². The van der Waals surface area contributed by atoms with Crippen molar-refractivity contribution in [3.05, 3.63) is 48.0 Å². The van der Waals surface area contributed by atoms with Crippen molar-refractivity contribution >= 4 is 17.5 Å². The van der Waals surface area contributed by atoms with Crippen molar-refractivity contribution < 1.29 is 23.8 Å². The highest BCUT2D eigenvalue weighted by Crippen LogP contribution is 2.36. The number of aryl methyl sites for hydroxylation is 1. The normalized spacial score (nSPS) is 18.6. The van der Waals surface area contributed by atoms with Crippen LogP contribution in [-0.2, 0) is 16.0 Å². The Hall–Kier alpha value is -3.22. The van der Waals surface area contributed by atoms with Gasteiger partial charge in [0, 0.05) is 30.8 Å². The summed E-state index contributed by atoms with van der Waals surface area (Å²) in [6, 6.07) is 13.4. The number of nitrogens with zero attached hydrogens (tertiary/aromatic N) is 1. The van der Waals surface area contributed by atoms with Crippen molar-refractivity contribution in [3.8, 4) is 17.2 Å². The van der Waals surface area contributed by atoms with Crippen LogP contribution in [0.3, 0.4) is 0 Å². The van der Waals surface area contributed by atoms with E-state index in [9.17, 15) is 9.59 Å². The number of fused-ring (bicyclic) bond motifs is 1. The molecule has 4 rings (SSSR count). The first kappa shape index (κ1) is 21.0. The zero-order chi connectivity index (χ0) is 21.8. The van der Waals surface area contributed by atoms with Crippen LogP contribution in [0.15, 0.2) is 42.5 Å². The largest absolute Gasteiger partial charge is 0.497 e. The topological polar surface area (TPSA) is 77.1 Å². The molecule has 1 N–H and O–H groups in total. The van der Waals surface area contributed by atoms with E-state index < -0.39 is 0 Å². The molecule has 2 aromatic carbocycles.